The van der Waals surface area contributed by atoms with Gasteiger partial charge in [0.1, 0.15) is 24.1 Å². The molecule has 0 saturated heterocycles. The summed E-state index contributed by atoms with van der Waals surface area (Å²) in [7, 11) is 0. The maximum Gasteiger partial charge on any atom is 0.272 e. The molecule has 0 fully saturated rings. The average Bonchev–Trinajstić information content (AvgIpc) is 2.58. The van der Waals surface area contributed by atoms with E-state index in [0.29, 0.717) is 17.4 Å². The Labute approximate surface area is 132 Å². The molecule has 9 heteroatoms. The van der Waals surface area contributed by atoms with Crippen molar-refractivity contribution >= 4 is 17.9 Å². The van der Waals surface area contributed by atoms with Gasteiger partial charge in [-0.1, -0.05) is 0 Å². The number of ether oxygens (including phenoxy) is 1. The van der Waals surface area contributed by atoms with Crippen molar-refractivity contribution in [3.63, 3.8) is 0 Å². The van der Waals surface area contributed by atoms with E-state index in [-0.39, 0.29) is 12.0 Å². The largest absolute Gasteiger partial charge is 0.494 e. The maximum absolute atomic E-state index is 12.0. The van der Waals surface area contributed by atoms with Gasteiger partial charge in [-0.3, -0.25) is 4.79 Å². The zero-order chi connectivity index (χ0) is 17.6. The number of benzene rings is 1. The van der Waals surface area contributed by atoms with Crippen LogP contribution in [0.4, 0.5) is 5.69 Å². The molecule has 0 spiro atoms. The molecule has 0 radical (unpaired) electrons. The lowest BCUT2D eigenvalue weighted by molar-refractivity contribution is -0.147. The van der Waals surface area contributed by atoms with Gasteiger partial charge < -0.3 is 30.0 Å². The number of hydrogen-bond acceptors (Lipinski definition) is 8. The molecule has 0 bridgehead atoms. The summed E-state index contributed by atoms with van der Waals surface area (Å²) in [6.07, 6.45) is -8.21. The molecule has 1 aromatic rings. The van der Waals surface area contributed by atoms with Crippen LogP contribution in [0.5, 0.6) is 5.75 Å². The Kier molecular flexibility index (Phi) is 7.07. The standard InChI is InChI=1S/C14H20N2O7/c1-2-23-9-5-3-8(4-6-9)16(15)14(22)13(21)12(20)11(19)10(18)7-17/h3-7,10-13,18-21H,2,15H2,1H3/t10-,11+,12-,13-/m0/s1. The Morgan fingerprint density at radius 3 is 2.26 bits per heavy atom. The molecule has 9 nitrogen and oxygen atoms in total. The molecule has 1 aromatic carbocycles. The van der Waals surface area contributed by atoms with Crippen LogP contribution in [-0.4, -0.2) is 63.6 Å². The molecule has 0 saturated carbocycles. The van der Waals surface area contributed by atoms with Crippen LogP contribution >= 0.6 is 0 Å². The summed E-state index contributed by atoms with van der Waals surface area (Å²) < 4.78 is 5.23. The number of carbonyl (C=O) groups is 2. The van der Waals surface area contributed by atoms with E-state index < -0.39 is 30.3 Å². The number of aldehydes is 1. The van der Waals surface area contributed by atoms with Crippen molar-refractivity contribution in [2.45, 2.75) is 31.3 Å². The predicted molar refractivity (Wildman–Crippen MR) is 79.4 cm³/mol. The lowest BCUT2D eigenvalue weighted by Gasteiger charge is -2.26. The second kappa shape index (κ2) is 8.56. The predicted octanol–water partition coefficient (Wildman–Crippen LogP) is -2.07. The van der Waals surface area contributed by atoms with Gasteiger partial charge in [0, 0.05) is 0 Å². The summed E-state index contributed by atoms with van der Waals surface area (Å²) in [4.78, 5) is 22.3. The lowest BCUT2D eigenvalue weighted by atomic mass is 10.0. The van der Waals surface area contributed by atoms with Gasteiger partial charge in [0.2, 0.25) is 0 Å². The molecule has 23 heavy (non-hydrogen) atoms. The van der Waals surface area contributed by atoms with Crippen molar-refractivity contribution in [2.24, 2.45) is 5.84 Å². The van der Waals surface area contributed by atoms with Crippen LogP contribution in [0, 0.1) is 0 Å². The Morgan fingerprint density at radius 2 is 1.78 bits per heavy atom. The average molecular weight is 328 g/mol. The minimum absolute atomic E-state index is 0.0300. The van der Waals surface area contributed by atoms with Crippen molar-refractivity contribution in [1.29, 1.82) is 0 Å². The van der Waals surface area contributed by atoms with Gasteiger partial charge in [-0.2, -0.15) is 0 Å². The first-order chi connectivity index (χ1) is 10.8. The van der Waals surface area contributed by atoms with Crippen molar-refractivity contribution in [1.82, 2.24) is 0 Å². The lowest BCUT2D eigenvalue weighted by Crippen LogP contribution is -2.54. The number of aliphatic hydroxyl groups is 4. The number of hydrogen-bond donors (Lipinski definition) is 5. The van der Waals surface area contributed by atoms with Gasteiger partial charge >= 0.3 is 0 Å². The third-order valence-corrected chi connectivity index (χ3v) is 3.08. The van der Waals surface area contributed by atoms with Crippen LogP contribution in [0.2, 0.25) is 0 Å². The van der Waals surface area contributed by atoms with Gasteiger partial charge in [-0.15, -0.1) is 0 Å². The third kappa shape index (κ3) is 4.71. The number of rotatable bonds is 8. The summed E-state index contributed by atoms with van der Waals surface area (Å²) in [6.45, 7) is 2.27. The fourth-order valence-corrected chi connectivity index (χ4v) is 1.75. The fourth-order valence-electron chi connectivity index (χ4n) is 1.75. The van der Waals surface area contributed by atoms with E-state index in [4.69, 9.17) is 15.7 Å². The molecule has 0 aliphatic heterocycles. The fraction of sp³-hybridized carbons (Fsp3) is 0.429. The van der Waals surface area contributed by atoms with Gasteiger partial charge in [-0.25, -0.2) is 10.9 Å². The molecule has 1 amide bonds. The summed E-state index contributed by atoms with van der Waals surface area (Å²) in [5.41, 5.74) is 0.204. The second-order valence-electron chi connectivity index (χ2n) is 4.69. The van der Waals surface area contributed by atoms with Crippen molar-refractivity contribution in [3.05, 3.63) is 24.3 Å². The summed E-state index contributed by atoms with van der Waals surface area (Å²) in [5, 5.41) is 38.5. The Bertz CT molecular complexity index is 522. The highest BCUT2D eigenvalue weighted by molar-refractivity contribution is 5.95. The highest BCUT2D eigenvalue weighted by Gasteiger charge is 2.36. The summed E-state index contributed by atoms with van der Waals surface area (Å²) in [5.74, 6) is 5.00. The van der Waals surface area contributed by atoms with E-state index in [2.05, 4.69) is 0 Å². The number of anilines is 1. The monoisotopic (exact) mass is 328 g/mol. The van der Waals surface area contributed by atoms with Gasteiger partial charge in [-0.05, 0) is 31.2 Å². The first-order valence-corrected chi connectivity index (χ1v) is 6.82. The number of carbonyl (C=O) groups excluding carboxylic acids is 2. The third-order valence-electron chi connectivity index (χ3n) is 3.08. The Morgan fingerprint density at radius 1 is 1.22 bits per heavy atom. The summed E-state index contributed by atoms with van der Waals surface area (Å²) in [6, 6.07) is 6.02. The first-order valence-electron chi connectivity index (χ1n) is 6.82. The van der Waals surface area contributed by atoms with Crippen LogP contribution in [0.25, 0.3) is 0 Å². The molecular weight excluding hydrogens is 308 g/mol. The molecule has 1 rings (SSSR count). The Hall–Kier alpha value is -2.04. The molecule has 6 N–H and O–H groups in total. The second-order valence-corrected chi connectivity index (χ2v) is 4.69. The van der Waals surface area contributed by atoms with Crippen LogP contribution in [0.15, 0.2) is 24.3 Å². The molecule has 0 unspecified atom stereocenters. The van der Waals surface area contributed by atoms with E-state index in [1.54, 1.807) is 12.1 Å². The van der Waals surface area contributed by atoms with Crippen LogP contribution < -0.4 is 15.6 Å². The van der Waals surface area contributed by atoms with Crippen LogP contribution in [0.1, 0.15) is 6.92 Å². The van der Waals surface area contributed by atoms with Gasteiger partial charge in [0.05, 0.1) is 12.3 Å². The van der Waals surface area contributed by atoms with E-state index in [1.807, 2.05) is 6.92 Å². The topological polar surface area (TPSA) is 154 Å². The van der Waals surface area contributed by atoms with Crippen molar-refractivity contribution in [2.75, 3.05) is 11.6 Å². The van der Waals surface area contributed by atoms with Crippen molar-refractivity contribution in [3.8, 4) is 5.75 Å². The van der Waals surface area contributed by atoms with Gasteiger partial charge in [0.25, 0.3) is 5.91 Å². The van der Waals surface area contributed by atoms with E-state index >= 15 is 0 Å². The summed E-state index contributed by atoms with van der Waals surface area (Å²) >= 11 is 0. The zero-order valence-corrected chi connectivity index (χ0v) is 12.4. The van der Waals surface area contributed by atoms with Crippen LogP contribution in [0.3, 0.4) is 0 Å². The molecule has 128 valence electrons. The zero-order valence-electron chi connectivity index (χ0n) is 12.4. The maximum atomic E-state index is 12.0. The van der Waals surface area contributed by atoms with E-state index in [9.17, 15) is 24.9 Å². The van der Waals surface area contributed by atoms with Crippen molar-refractivity contribution < 1.29 is 34.8 Å². The van der Waals surface area contributed by atoms with E-state index in [0.717, 1.165) is 0 Å². The smallest absolute Gasteiger partial charge is 0.272 e. The normalized spacial score (nSPS) is 16.1. The van der Waals surface area contributed by atoms with Crippen LogP contribution in [-0.2, 0) is 9.59 Å². The first kappa shape index (κ1) is 19.0. The minimum Gasteiger partial charge on any atom is -0.494 e. The molecular formula is C14H20N2O7. The Balaban J connectivity index is 2.80. The number of hydrazine groups is 1. The molecule has 0 aliphatic rings. The number of nitrogens with two attached hydrogens (primary N) is 1. The number of amides is 1. The van der Waals surface area contributed by atoms with Gasteiger partial charge in [0.15, 0.2) is 12.4 Å². The molecule has 4 atom stereocenters. The quantitative estimate of drug-likeness (QED) is 0.158. The number of nitrogens with zero attached hydrogens (tertiary/aromatic N) is 1. The highest BCUT2D eigenvalue weighted by atomic mass is 16.5. The minimum atomic E-state index is -2.13. The number of aliphatic hydroxyl groups excluding tert-OH is 4. The molecule has 0 aliphatic carbocycles. The molecule has 0 aromatic heterocycles. The highest BCUT2D eigenvalue weighted by Crippen LogP contribution is 2.19. The SMILES string of the molecule is CCOc1ccc(N(N)C(=O)[C@@H](O)[C@@H](O)[C@H](O)[C@@H](O)C=O)cc1. The van der Waals surface area contributed by atoms with E-state index in [1.165, 1.54) is 12.1 Å². The molecule has 0 heterocycles.